The van der Waals surface area contributed by atoms with Crippen LogP contribution in [0, 0.1) is 11.3 Å². The van der Waals surface area contributed by atoms with E-state index >= 15 is 0 Å². The summed E-state index contributed by atoms with van der Waals surface area (Å²) < 4.78 is 0. The summed E-state index contributed by atoms with van der Waals surface area (Å²) in [6.07, 6.45) is 3.95. The monoisotopic (exact) mass is 258 g/mol. The predicted octanol–water partition coefficient (Wildman–Crippen LogP) is 1.96. The summed E-state index contributed by atoms with van der Waals surface area (Å²) >= 11 is 1.74. The van der Waals surface area contributed by atoms with E-state index in [4.69, 9.17) is 5.73 Å². The molecule has 1 fully saturated rings. The van der Waals surface area contributed by atoms with Gasteiger partial charge >= 0.3 is 0 Å². The highest BCUT2D eigenvalue weighted by atomic mass is 32.2. The zero-order chi connectivity index (χ0) is 13.1. The fourth-order valence-electron chi connectivity index (χ4n) is 2.27. The maximum atomic E-state index is 12.1. The van der Waals surface area contributed by atoms with Gasteiger partial charge in [0.15, 0.2) is 0 Å². The quantitative estimate of drug-likeness (QED) is 0.838. The van der Waals surface area contributed by atoms with Crippen LogP contribution in [0.15, 0.2) is 0 Å². The molecule has 0 saturated carbocycles. The summed E-state index contributed by atoms with van der Waals surface area (Å²) in [6, 6.07) is -0.304. The third-order valence-corrected chi connectivity index (χ3v) is 4.32. The molecule has 1 amide bonds. The maximum absolute atomic E-state index is 12.1. The normalized spacial score (nSPS) is 22.9. The molecule has 0 radical (unpaired) electrons. The van der Waals surface area contributed by atoms with Gasteiger partial charge in [-0.25, -0.2) is 0 Å². The van der Waals surface area contributed by atoms with Crippen molar-refractivity contribution >= 4 is 17.7 Å². The number of amides is 1. The number of carbonyl (C=O) groups excluding carboxylic acids is 1. The van der Waals surface area contributed by atoms with Crippen LogP contribution in [0.4, 0.5) is 0 Å². The van der Waals surface area contributed by atoms with Crippen molar-refractivity contribution in [2.24, 2.45) is 17.1 Å². The van der Waals surface area contributed by atoms with E-state index < -0.39 is 0 Å². The Labute approximate surface area is 109 Å². The molecule has 2 atom stereocenters. The van der Waals surface area contributed by atoms with Gasteiger partial charge in [0.2, 0.25) is 5.91 Å². The molecule has 1 saturated heterocycles. The predicted molar refractivity (Wildman–Crippen MR) is 75.1 cm³/mol. The first kappa shape index (κ1) is 14.8. The summed E-state index contributed by atoms with van der Waals surface area (Å²) in [5.74, 6) is 1.72. The zero-order valence-electron chi connectivity index (χ0n) is 11.5. The molecular formula is C13H26N2OS. The van der Waals surface area contributed by atoms with Crippen LogP contribution in [-0.4, -0.2) is 41.9 Å². The molecule has 0 bridgehead atoms. The highest BCUT2D eigenvalue weighted by Gasteiger charge is 2.34. The first-order valence-electron chi connectivity index (χ1n) is 6.39. The fraction of sp³-hybridized carbons (Fsp3) is 0.923. The third kappa shape index (κ3) is 4.18. The van der Waals surface area contributed by atoms with Crippen molar-refractivity contribution in [2.45, 2.75) is 39.7 Å². The Bertz CT molecular complexity index is 263. The Hall–Kier alpha value is -0.220. The molecule has 1 rings (SSSR count). The van der Waals surface area contributed by atoms with E-state index in [1.165, 1.54) is 0 Å². The Kier molecular flexibility index (Phi) is 5.32. The maximum Gasteiger partial charge on any atom is 0.239 e. The van der Waals surface area contributed by atoms with Crippen LogP contribution in [0.2, 0.25) is 0 Å². The van der Waals surface area contributed by atoms with Gasteiger partial charge in [-0.15, -0.1) is 0 Å². The summed E-state index contributed by atoms with van der Waals surface area (Å²) in [6.45, 7) is 8.51. The molecule has 0 aromatic rings. The summed E-state index contributed by atoms with van der Waals surface area (Å²) in [7, 11) is 0. The van der Waals surface area contributed by atoms with Crippen LogP contribution in [0.3, 0.4) is 0 Å². The molecule has 0 aliphatic carbocycles. The Morgan fingerprint density at radius 3 is 2.65 bits per heavy atom. The second kappa shape index (κ2) is 6.10. The van der Waals surface area contributed by atoms with Gasteiger partial charge in [-0.3, -0.25) is 4.79 Å². The largest absolute Gasteiger partial charge is 0.341 e. The number of rotatable bonds is 4. The van der Waals surface area contributed by atoms with Gasteiger partial charge in [-0.05, 0) is 36.2 Å². The van der Waals surface area contributed by atoms with Crippen molar-refractivity contribution in [3.63, 3.8) is 0 Å². The lowest BCUT2D eigenvalue weighted by molar-refractivity contribution is -0.131. The molecule has 3 nitrogen and oxygen atoms in total. The molecule has 1 aliphatic rings. The second-order valence-electron chi connectivity index (χ2n) is 6.02. The first-order valence-corrected chi connectivity index (χ1v) is 7.79. The molecule has 1 heterocycles. The number of hydrogen-bond donors (Lipinski definition) is 1. The average Bonchev–Trinajstić information content (AvgIpc) is 2.73. The van der Waals surface area contributed by atoms with E-state index in [1.54, 1.807) is 11.8 Å². The van der Waals surface area contributed by atoms with E-state index in [1.807, 2.05) is 11.2 Å². The van der Waals surface area contributed by atoms with Crippen molar-refractivity contribution in [3.8, 4) is 0 Å². The van der Waals surface area contributed by atoms with Crippen LogP contribution in [0.1, 0.15) is 33.6 Å². The van der Waals surface area contributed by atoms with Gasteiger partial charge in [0, 0.05) is 13.1 Å². The van der Waals surface area contributed by atoms with Crippen LogP contribution < -0.4 is 5.73 Å². The van der Waals surface area contributed by atoms with E-state index in [9.17, 15) is 4.79 Å². The zero-order valence-corrected chi connectivity index (χ0v) is 12.3. The SMILES string of the molecule is CSCC[C@@H](N)C(=O)N1CCC(C(C)(C)C)C1. The average molecular weight is 258 g/mol. The van der Waals surface area contributed by atoms with E-state index in [2.05, 4.69) is 20.8 Å². The Morgan fingerprint density at radius 2 is 2.18 bits per heavy atom. The van der Waals surface area contributed by atoms with Gasteiger partial charge in [0.25, 0.3) is 0 Å². The highest BCUT2D eigenvalue weighted by Crippen LogP contribution is 2.33. The van der Waals surface area contributed by atoms with Gasteiger partial charge in [0.05, 0.1) is 6.04 Å². The fourth-order valence-corrected chi connectivity index (χ4v) is 2.76. The van der Waals surface area contributed by atoms with Crippen molar-refractivity contribution in [2.75, 3.05) is 25.1 Å². The molecule has 17 heavy (non-hydrogen) atoms. The van der Waals surface area contributed by atoms with Crippen molar-refractivity contribution < 1.29 is 4.79 Å². The number of hydrogen-bond acceptors (Lipinski definition) is 3. The molecule has 0 spiro atoms. The van der Waals surface area contributed by atoms with Crippen molar-refractivity contribution in [3.05, 3.63) is 0 Å². The third-order valence-electron chi connectivity index (χ3n) is 3.67. The van der Waals surface area contributed by atoms with E-state index in [0.29, 0.717) is 11.3 Å². The Balaban J connectivity index is 2.45. The molecule has 2 N–H and O–H groups in total. The Morgan fingerprint density at radius 1 is 1.53 bits per heavy atom. The van der Waals surface area contributed by atoms with Gasteiger partial charge < -0.3 is 10.6 Å². The van der Waals surface area contributed by atoms with Crippen LogP contribution in [0.25, 0.3) is 0 Å². The van der Waals surface area contributed by atoms with E-state index in [0.717, 1.165) is 31.7 Å². The van der Waals surface area contributed by atoms with Gasteiger partial charge in [-0.1, -0.05) is 20.8 Å². The van der Waals surface area contributed by atoms with Crippen LogP contribution >= 0.6 is 11.8 Å². The summed E-state index contributed by atoms with van der Waals surface area (Å²) in [4.78, 5) is 14.1. The molecule has 1 aliphatic heterocycles. The molecule has 1 unspecified atom stereocenters. The lowest BCUT2D eigenvalue weighted by Gasteiger charge is -2.27. The van der Waals surface area contributed by atoms with Crippen molar-refractivity contribution in [1.29, 1.82) is 0 Å². The first-order chi connectivity index (χ1) is 7.86. The van der Waals surface area contributed by atoms with E-state index in [-0.39, 0.29) is 11.9 Å². The smallest absolute Gasteiger partial charge is 0.239 e. The molecule has 0 aromatic carbocycles. The molecule has 100 valence electrons. The molecule has 4 heteroatoms. The topological polar surface area (TPSA) is 46.3 Å². The lowest BCUT2D eigenvalue weighted by atomic mass is 9.80. The number of nitrogens with zero attached hydrogens (tertiary/aromatic N) is 1. The van der Waals surface area contributed by atoms with Crippen LogP contribution in [0.5, 0.6) is 0 Å². The summed E-state index contributed by atoms with van der Waals surface area (Å²) in [5, 5.41) is 0. The number of carbonyl (C=O) groups is 1. The molecular weight excluding hydrogens is 232 g/mol. The standard InChI is InChI=1S/C13H26N2OS/c1-13(2,3)10-5-7-15(9-10)12(16)11(14)6-8-17-4/h10-11H,5-9,14H2,1-4H3/t10?,11-/m1/s1. The minimum atomic E-state index is -0.304. The van der Waals surface area contributed by atoms with Crippen LogP contribution in [-0.2, 0) is 4.79 Å². The molecule has 0 aromatic heterocycles. The highest BCUT2D eigenvalue weighted by molar-refractivity contribution is 7.98. The number of likely N-dealkylation sites (tertiary alicyclic amines) is 1. The lowest BCUT2D eigenvalue weighted by Crippen LogP contribution is -2.43. The van der Waals surface area contributed by atoms with Crippen molar-refractivity contribution in [1.82, 2.24) is 4.90 Å². The second-order valence-corrected chi connectivity index (χ2v) is 7.01. The summed E-state index contributed by atoms with van der Waals surface area (Å²) in [5.41, 5.74) is 6.22. The minimum absolute atomic E-state index is 0.144. The number of nitrogens with two attached hydrogens (primary N) is 1. The van der Waals surface area contributed by atoms with Gasteiger partial charge in [0.1, 0.15) is 0 Å². The number of thioether (sulfide) groups is 1. The van der Waals surface area contributed by atoms with Gasteiger partial charge in [-0.2, -0.15) is 11.8 Å². The minimum Gasteiger partial charge on any atom is -0.341 e.